The van der Waals surface area contributed by atoms with Crippen LogP contribution in [0.15, 0.2) is 29.4 Å². The molecular formula is C17H15Cl2F2N5O3S. The topological polar surface area (TPSA) is 118 Å². The summed E-state index contributed by atoms with van der Waals surface area (Å²) in [5.74, 6) is -4.28. The summed E-state index contributed by atoms with van der Waals surface area (Å²) >= 11 is 11.7. The van der Waals surface area contributed by atoms with Crippen LogP contribution in [0, 0.1) is 11.6 Å². The van der Waals surface area contributed by atoms with Gasteiger partial charge in [-0.25, -0.2) is 31.5 Å². The van der Waals surface area contributed by atoms with Gasteiger partial charge in [0.2, 0.25) is 16.0 Å². The van der Waals surface area contributed by atoms with E-state index < -0.39 is 56.1 Å². The molecule has 0 bridgehead atoms. The van der Waals surface area contributed by atoms with Crippen molar-refractivity contribution in [1.29, 1.82) is 0 Å². The summed E-state index contributed by atoms with van der Waals surface area (Å²) < 4.78 is 55.2. The molecule has 1 amide bonds. The lowest BCUT2D eigenvalue weighted by atomic mass is 9.92. The van der Waals surface area contributed by atoms with Crippen molar-refractivity contribution in [3.63, 3.8) is 0 Å². The Morgan fingerprint density at radius 1 is 1.33 bits per heavy atom. The number of benzene rings is 1. The van der Waals surface area contributed by atoms with E-state index >= 15 is 4.39 Å². The van der Waals surface area contributed by atoms with Gasteiger partial charge in [0.15, 0.2) is 5.82 Å². The minimum Gasteiger partial charge on any atom is -0.369 e. The molecule has 0 saturated heterocycles. The van der Waals surface area contributed by atoms with Crippen LogP contribution >= 0.6 is 23.2 Å². The van der Waals surface area contributed by atoms with Crippen molar-refractivity contribution < 1.29 is 22.0 Å². The summed E-state index contributed by atoms with van der Waals surface area (Å²) in [6.07, 6.45) is 1.18. The first-order chi connectivity index (χ1) is 13.9. The van der Waals surface area contributed by atoms with E-state index in [4.69, 9.17) is 28.9 Å². The Kier molecular flexibility index (Phi) is 5.65. The molecule has 160 valence electrons. The van der Waals surface area contributed by atoms with Crippen molar-refractivity contribution in [3.8, 4) is 0 Å². The molecule has 1 aromatic carbocycles. The number of nitrogens with two attached hydrogens (primary N) is 1. The Balaban J connectivity index is 2.05. The second-order valence-electron chi connectivity index (χ2n) is 6.69. The molecule has 8 nitrogen and oxygen atoms in total. The number of nitrogens with one attached hydrogen (secondary N) is 1. The smallest absolute Gasteiger partial charge is 0.275 e. The Labute approximate surface area is 180 Å². The number of carbonyl (C=O) groups excluding carboxylic acids is 1. The molecule has 0 spiro atoms. The molecule has 0 fully saturated rings. The second kappa shape index (κ2) is 7.64. The maximum Gasteiger partial charge on any atom is 0.275 e. The summed E-state index contributed by atoms with van der Waals surface area (Å²) in [5, 5.41) is 2.36. The van der Waals surface area contributed by atoms with Crippen molar-refractivity contribution >= 4 is 50.8 Å². The van der Waals surface area contributed by atoms with Gasteiger partial charge in [0.25, 0.3) is 5.91 Å². The fourth-order valence-electron chi connectivity index (χ4n) is 2.98. The van der Waals surface area contributed by atoms with Crippen LogP contribution in [0.25, 0.3) is 0 Å². The first-order valence-corrected chi connectivity index (χ1v) is 10.6. The number of guanidine groups is 1. The van der Waals surface area contributed by atoms with Gasteiger partial charge in [-0.3, -0.25) is 4.79 Å². The Hall–Kier alpha value is -2.50. The summed E-state index contributed by atoms with van der Waals surface area (Å²) in [5.41, 5.74) is 2.47. The number of aromatic nitrogens is 1. The molecule has 0 aliphatic carbocycles. The van der Waals surface area contributed by atoms with Crippen LogP contribution in [0.2, 0.25) is 10.0 Å². The van der Waals surface area contributed by atoms with Gasteiger partial charge in [-0.05, 0) is 25.1 Å². The van der Waals surface area contributed by atoms with Gasteiger partial charge in [-0.2, -0.15) is 0 Å². The van der Waals surface area contributed by atoms with E-state index in [-0.39, 0.29) is 15.7 Å². The van der Waals surface area contributed by atoms with E-state index in [0.29, 0.717) is 0 Å². The van der Waals surface area contributed by atoms with Crippen LogP contribution in [-0.4, -0.2) is 42.4 Å². The maximum absolute atomic E-state index is 15.2. The van der Waals surface area contributed by atoms with Gasteiger partial charge in [0, 0.05) is 13.2 Å². The summed E-state index contributed by atoms with van der Waals surface area (Å²) in [6, 6.07) is 3.14. The lowest BCUT2D eigenvalue weighted by Gasteiger charge is -2.35. The molecule has 2 aromatic rings. The lowest BCUT2D eigenvalue weighted by molar-refractivity contribution is 0.102. The highest BCUT2D eigenvalue weighted by Gasteiger charge is 2.44. The highest BCUT2D eigenvalue weighted by atomic mass is 35.5. The summed E-state index contributed by atoms with van der Waals surface area (Å²) in [7, 11) is -2.79. The van der Waals surface area contributed by atoms with Crippen molar-refractivity contribution in [3.05, 3.63) is 57.3 Å². The van der Waals surface area contributed by atoms with Gasteiger partial charge in [0.1, 0.15) is 17.1 Å². The molecule has 30 heavy (non-hydrogen) atoms. The van der Waals surface area contributed by atoms with Gasteiger partial charge < -0.3 is 11.1 Å². The number of hydrogen-bond donors (Lipinski definition) is 2. The first kappa shape index (κ1) is 22.2. The molecule has 0 saturated carbocycles. The predicted octanol–water partition coefficient (Wildman–Crippen LogP) is 2.72. The number of anilines is 1. The van der Waals surface area contributed by atoms with E-state index in [1.165, 1.54) is 26.2 Å². The standard InChI is InChI=1S/C17H15Cl2F2N5O3S/c1-17(7-30(28,29)26(2)16(22)25-17)12-10(20)3-4-11(13(12)21)24-15(27)14-9(19)5-8(18)6-23-14/h3-6H,7H2,1-2H3,(H2,22,25)(H,24,27)/t17-/m0/s1. The van der Waals surface area contributed by atoms with Crippen LogP contribution in [0.1, 0.15) is 23.0 Å². The normalized spacial score (nSPS) is 20.6. The third-order valence-corrected chi connectivity index (χ3v) is 6.91. The Morgan fingerprint density at radius 2 is 2.00 bits per heavy atom. The minimum atomic E-state index is -3.97. The van der Waals surface area contributed by atoms with E-state index in [2.05, 4.69) is 15.3 Å². The zero-order valence-corrected chi connectivity index (χ0v) is 17.9. The van der Waals surface area contributed by atoms with Crippen molar-refractivity contribution in [2.45, 2.75) is 12.5 Å². The average Bonchev–Trinajstić information content (AvgIpc) is 2.61. The van der Waals surface area contributed by atoms with Crippen molar-refractivity contribution in [2.24, 2.45) is 10.7 Å². The fourth-order valence-corrected chi connectivity index (χ4v) is 4.89. The third kappa shape index (κ3) is 3.92. The fraction of sp³-hybridized carbons (Fsp3) is 0.235. The van der Waals surface area contributed by atoms with E-state index in [9.17, 15) is 17.6 Å². The number of sulfonamides is 1. The van der Waals surface area contributed by atoms with Gasteiger partial charge in [-0.1, -0.05) is 23.2 Å². The highest BCUT2D eigenvalue weighted by molar-refractivity contribution is 7.89. The molecule has 13 heteroatoms. The first-order valence-electron chi connectivity index (χ1n) is 8.28. The van der Waals surface area contributed by atoms with Gasteiger partial charge in [-0.15, -0.1) is 0 Å². The minimum absolute atomic E-state index is 0.0755. The van der Waals surface area contributed by atoms with Gasteiger partial charge in [0.05, 0.1) is 27.0 Å². The molecular weight excluding hydrogens is 463 g/mol. The third-order valence-electron chi connectivity index (χ3n) is 4.47. The second-order valence-corrected chi connectivity index (χ2v) is 9.53. The molecule has 0 unspecified atom stereocenters. The molecule has 1 aliphatic rings. The van der Waals surface area contributed by atoms with Crippen LogP contribution in [0.3, 0.4) is 0 Å². The molecule has 1 aromatic heterocycles. The number of carbonyl (C=O) groups is 1. The molecule has 2 heterocycles. The highest BCUT2D eigenvalue weighted by Crippen LogP contribution is 2.37. The molecule has 0 radical (unpaired) electrons. The summed E-state index contributed by atoms with van der Waals surface area (Å²) in [4.78, 5) is 20.2. The molecule has 1 atom stereocenters. The predicted molar refractivity (Wildman–Crippen MR) is 109 cm³/mol. The zero-order valence-electron chi connectivity index (χ0n) is 15.6. The monoisotopic (exact) mass is 477 g/mol. The maximum atomic E-state index is 15.2. The van der Waals surface area contributed by atoms with E-state index in [1.54, 1.807) is 0 Å². The zero-order chi connectivity index (χ0) is 22.4. The molecule has 3 N–H and O–H groups in total. The number of halogens is 4. The number of nitrogens with zero attached hydrogens (tertiary/aromatic N) is 3. The number of aliphatic imine (C=N–C) groups is 1. The van der Waals surface area contributed by atoms with Crippen LogP contribution in [0.4, 0.5) is 14.5 Å². The number of rotatable bonds is 3. The van der Waals surface area contributed by atoms with Crippen LogP contribution in [-0.2, 0) is 15.6 Å². The van der Waals surface area contributed by atoms with Gasteiger partial charge >= 0.3 is 0 Å². The lowest BCUT2D eigenvalue weighted by Crippen LogP contribution is -2.50. The summed E-state index contributed by atoms with van der Waals surface area (Å²) in [6.45, 7) is 1.23. The Bertz CT molecular complexity index is 1190. The van der Waals surface area contributed by atoms with Crippen LogP contribution in [0.5, 0.6) is 0 Å². The van der Waals surface area contributed by atoms with Crippen molar-refractivity contribution in [1.82, 2.24) is 9.29 Å². The average molecular weight is 478 g/mol. The van der Waals surface area contributed by atoms with E-state index in [1.807, 2.05) is 0 Å². The number of pyridine rings is 1. The molecule has 3 rings (SSSR count). The van der Waals surface area contributed by atoms with Crippen LogP contribution < -0.4 is 11.1 Å². The number of amides is 1. The molecule has 1 aliphatic heterocycles. The van der Waals surface area contributed by atoms with E-state index in [0.717, 1.165) is 16.4 Å². The Morgan fingerprint density at radius 3 is 2.60 bits per heavy atom. The number of hydrogen-bond acceptors (Lipinski definition) is 6. The quantitative estimate of drug-likeness (QED) is 0.704. The van der Waals surface area contributed by atoms with Crippen molar-refractivity contribution in [2.75, 3.05) is 18.1 Å². The SMILES string of the molecule is CN1C(N)=N[C@](C)(c2c(F)ccc(NC(=O)c3ncc(Cl)cc3Cl)c2F)CS1(=O)=O. The largest absolute Gasteiger partial charge is 0.369 e.